The summed E-state index contributed by atoms with van der Waals surface area (Å²) in [7, 11) is 1.56. The highest BCUT2D eigenvalue weighted by atomic mass is 79.9. The lowest BCUT2D eigenvalue weighted by atomic mass is 10.1. The number of anilines is 2. The van der Waals surface area contributed by atoms with E-state index in [9.17, 15) is 19.5 Å². The molecule has 1 aromatic heterocycles. The zero-order valence-electron chi connectivity index (χ0n) is 27.4. The number of carboxylic acids is 1. The molecule has 258 valence electrons. The van der Waals surface area contributed by atoms with Gasteiger partial charge in [-0.05, 0) is 93.3 Å². The van der Waals surface area contributed by atoms with Gasteiger partial charge in [-0.15, -0.1) is 0 Å². The average molecular weight is 751 g/mol. The molecule has 10 nitrogen and oxygen atoms in total. The highest BCUT2D eigenvalue weighted by Gasteiger charge is 2.21. The van der Waals surface area contributed by atoms with Gasteiger partial charge in [0.25, 0.3) is 5.91 Å². The first kappa shape index (κ1) is 34.8. The molecule has 5 aromatic carbocycles. The molecule has 0 fully saturated rings. The fourth-order valence-corrected chi connectivity index (χ4v) is 6.04. The smallest absolute Gasteiger partial charge is 0.326 e. The molecule has 2 amide bonds. The summed E-state index contributed by atoms with van der Waals surface area (Å²) in [5, 5.41) is 18.2. The van der Waals surface area contributed by atoms with Crippen LogP contribution in [-0.4, -0.2) is 46.0 Å². The van der Waals surface area contributed by atoms with Crippen molar-refractivity contribution in [2.24, 2.45) is 0 Å². The molecule has 6 aromatic rings. The van der Waals surface area contributed by atoms with Crippen LogP contribution in [0.2, 0.25) is 0 Å². The van der Waals surface area contributed by atoms with Crippen LogP contribution < -0.4 is 20.7 Å². The van der Waals surface area contributed by atoms with E-state index in [0.29, 0.717) is 61.7 Å². The molecule has 51 heavy (non-hydrogen) atoms. The van der Waals surface area contributed by atoms with Crippen molar-refractivity contribution < 1.29 is 28.6 Å². The molecule has 0 unspecified atom stereocenters. The minimum atomic E-state index is -1.11. The molecule has 12 heteroatoms. The van der Waals surface area contributed by atoms with E-state index in [1.807, 2.05) is 42.5 Å². The van der Waals surface area contributed by atoms with Crippen molar-refractivity contribution in [3.8, 4) is 17.1 Å². The molecule has 0 aliphatic carbocycles. The number of aromatic amines is 1. The number of nitrogens with one attached hydrogen (secondary N) is 4. The number of H-pyrrole nitrogens is 1. The summed E-state index contributed by atoms with van der Waals surface area (Å²) in [5.74, 6) is -1.14. The van der Waals surface area contributed by atoms with Gasteiger partial charge in [0, 0.05) is 29.8 Å². The summed E-state index contributed by atoms with van der Waals surface area (Å²) < 4.78 is 21.1. The van der Waals surface area contributed by atoms with Crippen LogP contribution in [0, 0.1) is 5.82 Å². The van der Waals surface area contributed by atoms with E-state index in [0.717, 1.165) is 11.1 Å². The second kappa shape index (κ2) is 15.7. The molecule has 5 N–H and O–H groups in total. The summed E-state index contributed by atoms with van der Waals surface area (Å²) in [6, 6.07) is 30.5. The van der Waals surface area contributed by atoms with Gasteiger partial charge >= 0.3 is 5.97 Å². The lowest BCUT2D eigenvalue weighted by molar-refractivity contribution is -0.141. The number of aromatic nitrogens is 2. The molecule has 0 saturated carbocycles. The molecule has 6 rings (SSSR count). The number of imidazole rings is 1. The van der Waals surface area contributed by atoms with Gasteiger partial charge in [0.1, 0.15) is 23.4 Å². The zero-order valence-corrected chi connectivity index (χ0v) is 29.0. The van der Waals surface area contributed by atoms with Crippen LogP contribution in [-0.2, 0) is 29.0 Å². The van der Waals surface area contributed by atoms with Crippen molar-refractivity contribution >= 4 is 56.1 Å². The Balaban J connectivity index is 1.04. The molecular formula is C39H33BrFN5O5. The van der Waals surface area contributed by atoms with E-state index < -0.39 is 23.7 Å². The number of fused-ring (bicyclic) bond motifs is 1. The highest BCUT2D eigenvalue weighted by molar-refractivity contribution is 9.10. The number of benzene rings is 5. The van der Waals surface area contributed by atoms with Crippen molar-refractivity contribution in [3.63, 3.8) is 0 Å². The standard InChI is InChI=1S/C39H33BrFN5O5/c1-51-35-16-11-27(20-29(35)40)38(48)43-28-12-7-24(8-13-28)22-42-31-15-10-26(21-30(31)41)37-45-32-14-9-25(18-33(32)46-37)19-36(47)44-34(39(49)50)17-23-5-3-2-4-6-23/h2-16,18,20-21,34,42H,17,19,22H2,1H3,(H,43,48)(H,44,47)(H,45,46)(H,49,50)/t34-/m0/s1. The maximum atomic E-state index is 15.2. The van der Waals surface area contributed by atoms with Gasteiger partial charge < -0.3 is 30.8 Å². The Morgan fingerprint density at radius 1 is 0.902 bits per heavy atom. The number of carboxylic acid groups (broad SMARTS) is 1. The van der Waals surface area contributed by atoms with Crippen LogP contribution in [0.5, 0.6) is 5.75 Å². The van der Waals surface area contributed by atoms with E-state index in [4.69, 9.17) is 4.74 Å². The number of amides is 2. The summed E-state index contributed by atoms with van der Waals surface area (Å²) in [4.78, 5) is 45.0. The number of ether oxygens (including phenoxy) is 1. The van der Waals surface area contributed by atoms with Crippen molar-refractivity contribution in [2.45, 2.75) is 25.4 Å². The SMILES string of the molecule is COc1ccc(C(=O)Nc2ccc(CNc3ccc(-c4nc5ccc(CC(=O)N[C@@H](Cc6ccccc6)C(=O)O)cc5[nH]4)cc3F)cc2)cc1Br. The Labute approximate surface area is 301 Å². The van der Waals surface area contributed by atoms with Crippen LogP contribution in [0.15, 0.2) is 114 Å². The van der Waals surface area contributed by atoms with Gasteiger partial charge in [-0.2, -0.15) is 0 Å². The third kappa shape index (κ3) is 8.78. The van der Waals surface area contributed by atoms with Crippen molar-refractivity contribution in [3.05, 3.63) is 142 Å². The molecule has 0 spiro atoms. The molecule has 0 aliphatic heterocycles. The second-order valence-electron chi connectivity index (χ2n) is 11.8. The van der Waals surface area contributed by atoms with Crippen molar-refractivity contribution in [1.82, 2.24) is 15.3 Å². The first-order chi connectivity index (χ1) is 24.6. The van der Waals surface area contributed by atoms with Crippen molar-refractivity contribution in [1.29, 1.82) is 0 Å². The fraction of sp³-hybridized carbons (Fsp3) is 0.128. The highest BCUT2D eigenvalue weighted by Crippen LogP contribution is 2.27. The maximum Gasteiger partial charge on any atom is 0.326 e. The van der Waals surface area contributed by atoms with E-state index in [-0.39, 0.29) is 18.7 Å². The van der Waals surface area contributed by atoms with E-state index in [2.05, 4.69) is 41.8 Å². The first-order valence-electron chi connectivity index (χ1n) is 16.0. The van der Waals surface area contributed by atoms with Gasteiger partial charge in [0.15, 0.2) is 0 Å². The summed E-state index contributed by atoms with van der Waals surface area (Å²) in [6.45, 7) is 0.358. The monoisotopic (exact) mass is 749 g/mol. The second-order valence-corrected chi connectivity index (χ2v) is 12.7. The molecule has 0 saturated heterocycles. The van der Waals surface area contributed by atoms with E-state index in [1.54, 1.807) is 67.8 Å². The first-order valence-corrected chi connectivity index (χ1v) is 16.8. The quantitative estimate of drug-likeness (QED) is 0.0830. The third-order valence-electron chi connectivity index (χ3n) is 8.18. The van der Waals surface area contributed by atoms with E-state index in [1.165, 1.54) is 6.07 Å². The van der Waals surface area contributed by atoms with E-state index >= 15 is 4.39 Å². The number of aliphatic carboxylic acids is 1. The lowest BCUT2D eigenvalue weighted by Crippen LogP contribution is -2.43. The number of carbonyl (C=O) groups is 3. The molecule has 0 radical (unpaired) electrons. The van der Waals surface area contributed by atoms with Crippen molar-refractivity contribution in [2.75, 3.05) is 17.7 Å². The number of hydrogen-bond acceptors (Lipinski definition) is 6. The Bertz CT molecular complexity index is 2210. The minimum Gasteiger partial charge on any atom is -0.496 e. The third-order valence-corrected chi connectivity index (χ3v) is 8.80. The summed E-state index contributed by atoms with van der Waals surface area (Å²) >= 11 is 3.39. The van der Waals surface area contributed by atoms with Crippen LogP contribution in [0.1, 0.15) is 27.0 Å². The fourth-order valence-electron chi connectivity index (χ4n) is 5.50. The maximum absolute atomic E-state index is 15.2. The van der Waals surface area contributed by atoms with Gasteiger partial charge in [0.05, 0.1) is 34.7 Å². The lowest BCUT2D eigenvalue weighted by Gasteiger charge is -2.14. The number of hydrogen-bond donors (Lipinski definition) is 5. The topological polar surface area (TPSA) is 145 Å². The molecule has 1 atom stereocenters. The van der Waals surface area contributed by atoms with Crippen LogP contribution in [0.3, 0.4) is 0 Å². The summed E-state index contributed by atoms with van der Waals surface area (Å²) in [5.41, 5.74) is 5.64. The molecule has 1 heterocycles. The normalized spacial score (nSPS) is 11.5. The van der Waals surface area contributed by atoms with Gasteiger partial charge in [-0.25, -0.2) is 14.2 Å². The Morgan fingerprint density at radius 3 is 2.37 bits per heavy atom. The molecule has 0 aliphatic rings. The minimum absolute atomic E-state index is 0.0168. The number of nitrogens with zero attached hydrogens (tertiary/aromatic N) is 1. The van der Waals surface area contributed by atoms with Gasteiger partial charge in [-0.3, -0.25) is 9.59 Å². The summed E-state index contributed by atoms with van der Waals surface area (Å²) in [6.07, 6.45) is 0.159. The Hall–Kier alpha value is -6.01. The number of rotatable bonds is 13. The number of halogens is 2. The largest absolute Gasteiger partial charge is 0.496 e. The zero-order chi connectivity index (χ0) is 35.9. The average Bonchev–Trinajstić information content (AvgIpc) is 3.55. The predicted octanol–water partition coefficient (Wildman–Crippen LogP) is 7.36. The predicted molar refractivity (Wildman–Crippen MR) is 197 cm³/mol. The van der Waals surface area contributed by atoms with Gasteiger partial charge in [0.2, 0.25) is 5.91 Å². The molecule has 0 bridgehead atoms. The van der Waals surface area contributed by atoms with Crippen LogP contribution >= 0.6 is 15.9 Å². The molecular weight excluding hydrogens is 717 g/mol. The van der Waals surface area contributed by atoms with Crippen LogP contribution in [0.25, 0.3) is 22.4 Å². The van der Waals surface area contributed by atoms with Crippen LogP contribution in [0.4, 0.5) is 15.8 Å². The number of carbonyl (C=O) groups excluding carboxylic acids is 2. The Morgan fingerprint density at radius 2 is 1.67 bits per heavy atom. The number of methoxy groups -OCH3 is 1. The Kier molecular flexibility index (Phi) is 10.7. The van der Waals surface area contributed by atoms with Gasteiger partial charge in [-0.1, -0.05) is 48.5 Å².